The molecule has 24 heavy (non-hydrogen) atoms. The second-order valence-electron chi connectivity index (χ2n) is 6.18. The van der Waals surface area contributed by atoms with Crippen molar-refractivity contribution in [1.82, 2.24) is 0 Å². The lowest BCUT2D eigenvalue weighted by atomic mass is 10.1. The molecule has 0 aliphatic carbocycles. The Kier molecular flexibility index (Phi) is 8.97. The van der Waals surface area contributed by atoms with Gasteiger partial charge in [0.05, 0.1) is 17.8 Å². The number of benzene rings is 1. The first-order valence-electron chi connectivity index (χ1n) is 8.27. The standard InChI is InChI=1S/C17H27F3O3Si/c1-12(2)21-16(22-13(3)4)23-24-10-6-8-14-7-5-9-15(11-14)17(18,19)20/h5,7,9,11-13,16H,6,8,10,24H2,1-4H3. The van der Waals surface area contributed by atoms with E-state index in [1.807, 2.05) is 27.7 Å². The summed E-state index contributed by atoms with van der Waals surface area (Å²) in [4.78, 5) is 0. The molecule has 0 bridgehead atoms. The summed E-state index contributed by atoms with van der Waals surface area (Å²) in [6.45, 7) is 7.00. The molecule has 0 N–H and O–H groups in total. The Balaban J connectivity index is 2.34. The molecule has 3 nitrogen and oxygen atoms in total. The Hall–Kier alpha value is -0.893. The highest BCUT2D eigenvalue weighted by Gasteiger charge is 2.30. The van der Waals surface area contributed by atoms with Crippen LogP contribution < -0.4 is 0 Å². The van der Waals surface area contributed by atoms with E-state index in [0.717, 1.165) is 18.5 Å². The van der Waals surface area contributed by atoms with Crippen LogP contribution >= 0.6 is 0 Å². The third-order valence-corrected chi connectivity index (χ3v) is 4.43. The Morgan fingerprint density at radius 1 is 1.04 bits per heavy atom. The summed E-state index contributed by atoms with van der Waals surface area (Å²) in [5.41, 5.74) is 0.108. The van der Waals surface area contributed by atoms with Gasteiger partial charge in [-0.15, -0.1) is 0 Å². The molecule has 0 spiro atoms. The molecule has 1 aromatic rings. The smallest absolute Gasteiger partial charge is 0.379 e. The molecule has 0 amide bonds. The topological polar surface area (TPSA) is 27.7 Å². The molecule has 0 saturated heterocycles. The molecule has 0 aromatic heterocycles. The van der Waals surface area contributed by atoms with Crippen LogP contribution in [-0.2, 0) is 26.5 Å². The molecule has 0 fully saturated rings. The van der Waals surface area contributed by atoms with Crippen molar-refractivity contribution in [1.29, 1.82) is 0 Å². The Bertz CT molecular complexity index is 468. The number of alkyl halides is 3. The minimum Gasteiger partial charge on any atom is -0.379 e. The Morgan fingerprint density at radius 3 is 2.21 bits per heavy atom. The number of halogens is 3. The molecule has 0 saturated carbocycles. The van der Waals surface area contributed by atoms with Gasteiger partial charge in [-0.25, -0.2) is 0 Å². The van der Waals surface area contributed by atoms with Crippen LogP contribution in [0.1, 0.15) is 45.2 Å². The summed E-state index contributed by atoms with van der Waals surface area (Å²) in [7, 11) is -0.847. The molecule has 1 rings (SSSR count). The number of aryl methyl sites for hydroxylation is 1. The van der Waals surface area contributed by atoms with E-state index in [0.29, 0.717) is 12.0 Å². The van der Waals surface area contributed by atoms with E-state index in [1.54, 1.807) is 6.07 Å². The van der Waals surface area contributed by atoms with E-state index in [9.17, 15) is 13.2 Å². The summed E-state index contributed by atoms with van der Waals surface area (Å²) < 4.78 is 54.8. The van der Waals surface area contributed by atoms with E-state index < -0.39 is 28.0 Å². The van der Waals surface area contributed by atoms with Crippen molar-refractivity contribution in [2.45, 2.75) is 71.4 Å². The number of ether oxygens (including phenoxy) is 2. The number of hydrogen-bond donors (Lipinski definition) is 0. The van der Waals surface area contributed by atoms with Crippen LogP contribution in [0.25, 0.3) is 0 Å². The largest absolute Gasteiger partial charge is 0.416 e. The fraction of sp³-hybridized carbons (Fsp3) is 0.647. The molecule has 0 aliphatic rings. The average Bonchev–Trinajstić information content (AvgIpc) is 2.45. The van der Waals surface area contributed by atoms with E-state index in [-0.39, 0.29) is 12.2 Å². The van der Waals surface area contributed by atoms with Gasteiger partial charge in [-0.05, 0) is 51.8 Å². The van der Waals surface area contributed by atoms with Gasteiger partial charge in [-0.1, -0.05) is 24.6 Å². The van der Waals surface area contributed by atoms with Crippen LogP contribution in [0.4, 0.5) is 13.2 Å². The molecule has 0 atom stereocenters. The predicted octanol–water partition coefficient (Wildman–Crippen LogP) is 4.29. The second-order valence-corrected chi connectivity index (χ2v) is 7.63. The van der Waals surface area contributed by atoms with Crippen LogP contribution in [0.2, 0.25) is 6.04 Å². The highest BCUT2D eigenvalue weighted by atomic mass is 28.2. The predicted molar refractivity (Wildman–Crippen MR) is 90.4 cm³/mol. The van der Waals surface area contributed by atoms with Crippen molar-refractivity contribution in [2.75, 3.05) is 0 Å². The van der Waals surface area contributed by atoms with E-state index in [2.05, 4.69) is 0 Å². The third-order valence-electron chi connectivity index (χ3n) is 3.13. The fourth-order valence-corrected chi connectivity index (χ4v) is 3.04. The normalized spacial score (nSPS) is 13.1. The van der Waals surface area contributed by atoms with Crippen molar-refractivity contribution < 1.29 is 27.1 Å². The van der Waals surface area contributed by atoms with Gasteiger partial charge in [0.15, 0.2) is 9.76 Å². The monoisotopic (exact) mass is 364 g/mol. The van der Waals surface area contributed by atoms with Crippen LogP contribution in [0.15, 0.2) is 24.3 Å². The van der Waals surface area contributed by atoms with E-state index in [1.165, 1.54) is 12.1 Å². The van der Waals surface area contributed by atoms with Crippen LogP contribution in [0.5, 0.6) is 0 Å². The molecular weight excluding hydrogens is 337 g/mol. The first-order chi connectivity index (χ1) is 11.2. The maximum Gasteiger partial charge on any atom is 0.416 e. The summed E-state index contributed by atoms with van der Waals surface area (Å²) in [6.07, 6.45) is -2.87. The van der Waals surface area contributed by atoms with Gasteiger partial charge < -0.3 is 13.9 Å². The molecule has 7 heteroatoms. The highest BCUT2D eigenvalue weighted by molar-refractivity contribution is 6.27. The van der Waals surface area contributed by atoms with Gasteiger partial charge in [-0.3, -0.25) is 0 Å². The van der Waals surface area contributed by atoms with Crippen molar-refractivity contribution in [2.24, 2.45) is 0 Å². The minimum absolute atomic E-state index is 0.00728. The number of hydrogen-bond acceptors (Lipinski definition) is 3. The van der Waals surface area contributed by atoms with Gasteiger partial charge in [-0.2, -0.15) is 13.2 Å². The third kappa shape index (κ3) is 8.82. The second kappa shape index (κ2) is 10.2. The summed E-state index contributed by atoms with van der Waals surface area (Å²) >= 11 is 0. The average molecular weight is 364 g/mol. The molecule has 138 valence electrons. The van der Waals surface area contributed by atoms with Crippen molar-refractivity contribution >= 4 is 9.76 Å². The molecule has 0 aliphatic heterocycles. The number of rotatable bonds is 10. The van der Waals surface area contributed by atoms with Gasteiger partial charge in [0, 0.05) is 0 Å². The van der Waals surface area contributed by atoms with Gasteiger partial charge in [0.25, 0.3) is 6.48 Å². The Morgan fingerprint density at radius 2 is 1.67 bits per heavy atom. The Labute approximate surface area is 144 Å². The zero-order chi connectivity index (χ0) is 18.2. The minimum atomic E-state index is -4.29. The first kappa shape index (κ1) is 21.2. The first-order valence-corrected chi connectivity index (χ1v) is 9.85. The lowest BCUT2D eigenvalue weighted by molar-refractivity contribution is -0.275. The zero-order valence-corrected chi connectivity index (χ0v) is 16.1. The van der Waals surface area contributed by atoms with E-state index in [4.69, 9.17) is 13.9 Å². The van der Waals surface area contributed by atoms with Crippen molar-refractivity contribution in [3.05, 3.63) is 35.4 Å². The van der Waals surface area contributed by atoms with Crippen LogP contribution in [-0.4, -0.2) is 28.4 Å². The SMILES string of the molecule is CC(C)OC(O[SiH2]CCCc1cccc(C(F)(F)F)c1)OC(C)C. The molecule has 0 unspecified atom stereocenters. The lowest BCUT2D eigenvalue weighted by Gasteiger charge is -2.23. The molecule has 1 aromatic carbocycles. The van der Waals surface area contributed by atoms with Crippen LogP contribution in [0.3, 0.4) is 0 Å². The van der Waals surface area contributed by atoms with Gasteiger partial charge in [0.1, 0.15) is 0 Å². The molecule has 0 radical (unpaired) electrons. The summed E-state index contributed by atoms with van der Waals surface area (Å²) in [5.74, 6) is 0. The maximum absolute atomic E-state index is 12.7. The zero-order valence-electron chi connectivity index (χ0n) is 14.7. The van der Waals surface area contributed by atoms with E-state index >= 15 is 0 Å². The molecular formula is C17H27F3O3Si. The maximum atomic E-state index is 12.7. The van der Waals surface area contributed by atoms with Gasteiger partial charge >= 0.3 is 6.18 Å². The summed E-state index contributed by atoms with van der Waals surface area (Å²) in [6, 6.07) is 6.35. The van der Waals surface area contributed by atoms with Crippen LogP contribution in [0, 0.1) is 0 Å². The molecule has 0 heterocycles. The van der Waals surface area contributed by atoms with Gasteiger partial charge in [0.2, 0.25) is 0 Å². The summed E-state index contributed by atoms with van der Waals surface area (Å²) in [5, 5.41) is 0. The highest BCUT2D eigenvalue weighted by Crippen LogP contribution is 2.29. The van der Waals surface area contributed by atoms with Crippen molar-refractivity contribution in [3.63, 3.8) is 0 Å². The lowest BCUT2D eigenvalue weighted by Crippen LogP contribution is -2.28. The fourth-order valence-electron chi connectivity index (χ4n) is 2.07. The van der Waals surface area contributed by atoms with Crippen molar-refractivity contribution in [3.8, 4) is 0 Å². The quantitative estimate of drug-likeness (QED) is 0.352.